The van der Waals surface area contributed by atoms with Gasteiger partial charge in [-0.25, -0.2) is 4.79 Å². The van der Waals surface area contributed by atoms with Crippen LogP contribution in [-0.2, 0) is 29.2 Å². The molecule has 8 nitrogen and oxygen atoms in total. The molecule has 0 bridgehead atoms. The van der Waals surface area contributed by atoms with Crippen LogP contribution in [0.2, 0.25) is 0 Å². The Hall–Kier alpha value is -3.94. The van der Waals surface area contributed by atoms with Crippen LogP contribution in [0.1, 0.15) is 23.9 Å². The normalized spacial score (nSPS) is 11.1. The Morgan fingerprint density at radius 1 is 0.903 bits per heavy atom. The highest BCUT2D eigenvalue weighted by Crippen LogP contribution is 2.19. The SMILES string of the molecule is CCOC(=O)/C(Cc1nc(OCc2ccccc2)cc(OCc2ccccc2)n1)=N\O. The van der Waals surface area contributed by atoms with Crippen LogP contribution in [-0.4, -0.2) is 33.5 Å². The molecule has 0 aliphatic heterocycles. The third kappa shape index (κ3) is 6.81. The van der Waals surface area contributed by atoms with Gasteiger partial charge in [0.1, 0.15) is 19.0 Å². The molecule has 1 heterocycles. The number of aromatic nitrogens is 2. The first-order valence-electron chi connectivity index (χ1n) is 9.77. The molecule has 0 radical (unpaired) electrons. The molecule has 3 aromatic rings. The molecular weight excluding hydrogens is 398 g/mol. The van der Waals surface area contributed by atoms with Crippen molar-refractivity contribution in [2.24, 2.45) is 5.16 Å². The standard InChI is InChI=1S/C23H23N3O5/c1-2-29-23(27)19(26-28)13-20-24-21(30-15-17-9-5-3-6-10-17)14-22(25-20)31-16-18-11-7-4-8-12-18/h3-12,14,28H,2,13,15-16H2,1H3/b26-19-. The van der Waals surface area contributed by atoms with E-state index in [2.05, 4.69) is 15.1 Å². The average molecular weight is 421 g/mol. The molecule has 31 heavy (non-hydrogen) atoms. The maximum atomic E-state index is 11.9. The van der Waals surface area contributed by atoms with E-state index < -0.39 is 5.97 Å². The zero-order valence-corrected chi connectivity index (χ0v) is 17.1. The smallest absolute Gasteiger partial charge is 0.356 e. The molecular formula is C23H23N3O5. The molecule has 0 saturated carbocycles. The second kappa shape index (κ2) is 11.3. The summed E-state index contributed by atoms with van der Waals surface area (Å²) in [5.74, 6) is 0.0153. The first-order chi connectivity index (χ1) is 15.2. The van der Waals surface area contributed by atoms with Gasteiger partial charge >= 0.3 is 5.97 Å². The van der Waals surface area contributed by atoms with E-state index in [1.165, 1.54) is 0 Å². The number of carbonyl (C=O) groups is 1. The molecule has 0 amide bonds. The van der Waals surface area contributed by atoms with Gasteiger partial charge in [-0.3, -0.25) is 0 Å². The summed E-state index contributed by atoms with van der Waals surface area (Å²) in [6, 6.07) is 20.8. The predicted octanol–water partition coefficient (Wildman–Crippen LogP) is 3.57. The summed E-state index contributed by atoms with van der Waals surface area (Å²) in [7, 11) is 0. The van der Waals surface area contributed by atoms with E-state index >= 15 is 0 Å². The highest BCUT2D eigenvalue weighted by atomic mass is 16.5. The lowest BCUT2D eigenvalue weighted by Crippen LogP contribution is -2.21. The Balaban J connectivity index is 1.79. The number of hydrogen-bond donors (Lipinski definition) is 1. The third-order valence-corrected chi connectivity index (χ3v) is 4.14. The molecule has 0 aliphatic carbocycles. The molecule has 0 saturated heterocycles. The second-order valence-corrected chi connectivity index (χ2v) is 6.45. The van der Waals surface area contributed by atoms with Crippen molar-refractivity contribution < 1.29 is 24.2 Å². The van der Waals surface area contributed by atoms with Crippen molar-refractivity contribution in [3.63, 3.8) is 0 Å². The van der Waals surface area contributed by atoms with Gasteiger partial charge in [0.15, 0.2) is 5.71 Å². The zero-order valence-electron chi connectivity index (χ0n) is 17.1. The van der Waals surface area contributed by atoms with Gasteiger partial charge in [-0.2, -0.15) is 9.97 Å². The first-order valence-corrected chi connectivity index (χ1v) is 9.77. The van der Waals surface area contributed by atoms with E-state index in [1.807, 2.05) is 60.7 Å². The monoisotopic (exact) mass is 421 g/mol. The Morgan fingerprint density at radius 3 is 1.87 bits per heavy atom. The summed E-state index contributed by atoms with van der Waals surface area (Å²) in [5.41, 5.74) is 1.73. The number of ether oxygens (including phenoxy) is 3. The van der Waals surface area contributed by atoms with Gasteiger partial charge in [0, 0.05) is 0 Å². The number of rotatable bonds is 10. The van der Waals surface area contributed by atoms with E-state index in [4.69, 9.17) is 14.2 Å². The van der Waals surface area contributed by atoms with Crippen LogP contribution in [0, 0.1) is 0 Å². The number of oxime groups is 1. The first kappa shape index (κ1) is 21.8. The van der Waals surface area contributed by atoms with Crippen LogP contribution < -0.4 is 9.47 Å². The lowest BCUT2D eigenvalue weighted by Gasteiger charge is -2.11. The molecule has 160 valence electrons. The van der Waals surface area contributed by atoms with Crippen LogP contribution in [0.25, 0.3) is 0 Å². The van der Waals surface area contributed by atoms with Gasteiger partial charge in [-0.1, -0.05) is 65.8 Å². The van der Waals surface area contributed by atoms with Crippen LogP contribution in [0.15, 0.2) is 71.9 Å². The predicted molar refractivity (Wildman–Crippen MR) is 113 cm³/mol. The quantitative estimate of drug-likeness (QED) is 0.231. The van der Waals surface area contributed by atoms with E-state index in [1.54, 1.807) is 13.0 Å². The number of nitrogens with zero attached hydrogens (tertiary/aromatic N) is 3. The van der Waals surface area contributed by atoms with Gasteiger partial charge in [0.2, 0.25) is 11.8 Å². The molecule has 1 aromatic heterocycles. The molecule has 3 rings (SSSR count). The maximum absolute atomic E-state index is 11.9. The fourth-order valence-electron chi connectivity index (χ4n) is 2.65. The Morgan fingerprint density at radius 2 is 1.42 bits per heavy atom. The highest BCUT2D eigenvalue weighted by molar-refractivity contribution is 6.36. The summed E-state index contributed by atoms with van der Waals surface area (Å²) in [5, 5.41) is 12.2. The van der Waals surface area contributed by atoms with Crippen LogP contribution in [0.3, 0.4) is 0 Å². The van der Waals surface area contributed by atoms with E-state index in [-0.39, 0.29) is 36.3 Å². The summed E-state index contributed by atoms with van der Waals surface area (Å²) < 4.78 is 16.5. The molecule has 2 aromatic carbocycles. The number of hydrogen-bond acceptors (Lipinski definition) is 8. The highest BCUT2D eigenvalue weighted by Gasteiger charge is 2.18. The lowest BCUT2D eigenvalue weighted by molar-refractivity contribution is -0.135. The van der Waals surface area contributed by atoms with E-state index in [0.717, 1.165) is 11.1 Å². The Labute approximate surface area is 180 Å². The van der Waals surface area contributed by atoms with Crippen LogP contribution in [0.4, 0.5) is 0 Å². The van der Waals surface area contributed by atoms with Crippen molar-refractivity contribution in [2.75, 3.05) is 6.61 Å². The molecule has 0 atom stereocenters. The van der Waals surface area contributed by atoms with Crippen molar-refractivity contribution in [1.29, 1.82) is 0 Å². The number of esters is 1. The van der Waals surface area contributed by atoms with Crippen molar-refractivity contribution in [3.05, 3.63) is 83.7 Å². The number of carbonyl (C=O) groups excluding carboxylic acids is 1. The zero-order chi connectivity index (χ0) is 21.9. The van der Waals surface area contributed by atoms with Gasteiger partial charge in [-0.05, 0) is 18.1 Å². The number of benzene rings is 2. The van der Waals surface area contributed by atoms with Gasteiger partial charge in [0.25, 0.3) is 0 Å². The minimum atomic E-state index is -0.740. The summed E-state index contributed by atoms with van der Waals surface area (Å²) >= 11 is 0. The van der Waals surface area contributed by atoms with E-state index in [9.17, 15) is 10.0 Å². The van der Waals surface area contributed by atoms with Crippen molar-refractivity contribution >= 4 is 11.7 Å². The summed E-state index contributed by atoms with van der Waals surface area (Å²) in [4.78, 5) is 20.6. The topological polar surface area (TPSA) is 103 Å². The molecule has 0 spiro atoms. The van der Waals surface area contributed by atoms with Crippen molar-refractivity contribution in [2.45, 2.75) is 26.6 Å². The van der Waals surface area contributed by atoms with Gasteiger partial charge in [0.05, 0.1) is 19.1 Å². The third-order valence-electron chi connectivity index (χ3n) is 4.14. The van der Waals surface area contributed by atoms with Crippen LogP contribution in [0.5, 0.6) is 11.8 Å². The molecule has 1 N–H and O–H groups in total. The largest absolute Gasteiger partial charge is 0.473 e. The minimum Gasteiger partial charge on any atom is -0.473 e. The lowest BCUT2D eigenvalue weighted by atomic mass is 10.2. The van der Waals surface area contributed by atoms with Crippen LogP contribution >= 0.6 is 0 Å². The van der Waals surface area contributed by atoms with Crippen molar-refractivity contribution in [1.82, 2.24) is 9.97 Å². The summed E-state index contributed by atoms with van der Waals surface area (Å²) in [6.07, 6.45) is -0.139. The van der Waals surface area contributed by atoms with E-state index in [0.29, 0.717) is 13.2 Å². The molecule has 0 fully saturated rings. The molecule has 0 aliphatic rings. The Bertz CT molecular complexity index is 948. The molecule has 8 heteroatoms. The maximum Gasteiger partial charge on any atom is 0.356 e. The molecule has 0 unspecified atom stereocenters. The fraction of sp³-hybridized carbons (Fsp3) is 0.217. The van der Waals surface area contributed by atoms with Crippen molar-refractivity contribution in [3.8, 4) is 11.8 Å². The summed E-state index contributed by atoms with van der Waals surface area (Å²) in [6.45, 7) is 2.42. The Kier molecular flexibility index (Phi) is 7.93. The van der Waals surface area contributed by atoms with Gasteiger partial charge in [-0.15, -0.1) is 0 Å². The minimum absolute atomic E-state index is 0.139. The van der Waals surface area contributed by atoms with Gasteiger partial charge < -0.3 is 19.4 Å². The fourth-order valence-corrected chi connectivity index (χ4v) is 2.65. The average Bonchev–Trinajstić information content (AvgIpc) is 2.81. The second-order valence-electron chi connectivity index (χ2n) is 6.45.